The van der Waals surface area contributed by atoms with E-state index in [-0.39, 0.29) is 12.1 Å². The molecule has 0 aliphatic rings. The molecule has 0 saturated heterocycles. The van der Waals surface area contributed by atoms with Crippen molar-refractivity contribution in [1.82, 2.24) is 0 Å². The number of aliphatic hydroxyl groups is 1. The summed E-state index contributed by atoms with van der Waals surface area (Å²) in [5.74, 6) is 0. The molecule has 0 aromatic heterocycles. The van der Waals surface area contributed by atoms with Crippen molar-refractivity contribution in [2.45, 2.75) is 32.2 Å². The summed E-state index contributed by atoms with van der Waals surface area (Å²) in [4.78, 5) is 0. The third-order valence-electron chi connectivity index (χ3n) is 2.91. The quantitative estimate of drug-likeness (QED) is 0.809. The number of halogens is 1. The highest BCUT2D eigenvalue weighted by atomic mass is 35.5. The first-order valence-electron chi connectivity index (χ1n) is 5.30. The van der Waals surface area contributed by atoms with Gasteiger partial charge in [-0.2, -0.15) is 0 Å². The summed E-state index contributed by atoms with van der Waals surface area (Å²) in [6.45, 7) is 4.29. The van der Waals surface area contributed by atoms with E-state index in [4.69, 9.17) is 11.6 Å². The normalized spacial score (nSPS) is 11.5. The van der Waals surface area contributed by atoms with Gasteiger partial charge in [0.25, 0.3) is 0 Å². The molecule has 0 bridgehead atoms. The van der Waals surface area contributed by atoms with Crippen LogP contribution < -0.4 is 5.32 Å². The van der Waals surface area contributed by atoms with E-state index in [0.717, 1.165) is 23.6 Å². The van der Waals surface area contributed by atoms with Crippen LogP contribution in [0.5, 0.6) is 0 Å². The van der Waals surface area contributed by atoms with Crippen molar-refractivity contribution in [2.24, 2.45) is 0 Å². The fourth-order valence-electron chi connectivity index (χ4n) is 1.53. The van der Waals surface area contributed by atoms with Crippen LogP contribution in [0.3, 0.4) is 0 Å². The third-order valence-corrected chi connectivity index (χ3v) is 3.16. The van der Waals surface area contributed by atoms with Crippen molar-refractivity contribution >= 4 is 17.3 Å². The van der Waals surface area contributed by atoms with E-state index < -0.39 is 0 Å². The molecular weight excluding hydrogens is 210 g/mol. The van der Waals surface area contributed by atoms with Crippen LogP contribution in [0.25, 0.3) is 0 Å². The van der Waals surface area contributed by atoms with E-state index in [1.807, 2.05) is 24.3 Å². The Balaban J connectivity index is 2.78. The highest BCUT2D eigenvalue weighted by Gasteiger charge is 2.24. The Morgan fingerprint density at radius 2 is 1.73 bits per heavy atom. The molecule has 1 aromatic rings. The number of hydrogen-bond donors (Lipinski definition) is 2. The van der Waals surface area contributed by atoms with E-state index in [9.17, 15) is 5.11 Å². The summed E-state index contributed by atoms with van der Waals surface area (Å²) in [7, 11) is 0. The monoisotopic (exact) mass is 227 g/mol. The van der Waals surface area contributed by atoms with Crippen molar-refractivity contribution < 1.29 is 5.11 Å². The highest BCUT2D eigenvalue weighted by Crippen LogP contribution is 2.22. The van der Waals surface area contributed by atoms with Gasteiger partial charge in [0.05, 0.1) is 12.1 Å². The van der Waals surface area contributed by atoms with Crippen molar-refractivity contribution in [2.75, 3.05) is 11.9 Å². The molecule has 0 atom stereocenters. The van der Waals surface area contributed by atoms with Gasteiger partial charge in [-0.3, -0.25) is 0 Å². The molecule has 1 aromatic carbocycles. The summed E-state index contributed by atoms with van der Waals surface area (Å²) in [5, 5.41) is 13.5. The minimum atomic E-state index is -0.214. The summed E-state index contributed by atoms with van der Waals surface area (Å²) < 4.78 is 0. The van der Waals surface area contributed by atoms with Gasteiger partial charge in [0, 0.05) is 10.7 Å². The molecule has 0 aliphatic heterocycles. The predicted octanol–water partition coefficient (Wildman–Crippen LogP) is 3.30. The Hall–Kier alpha value is -0.730. The molecule has 2 N–H and O–H groups in total. The van der Waals surface area contributed by atoms with Crippen LogP contribution in [-0.4, -0.2) is 17.3 Å². The van der Waals surface area contributed by atoms with E-state index in [0.29, 0.717) is 0 Å². The lowest BCUT2D eigenvalue weighted by Crippen LogP contribution is -2.40. The molecule has 84 valence electrons. The van der Waals surface area contributed by atoms with Crippen LogP contribution in [0.15, 0.2) is 24.3 Å². The van der Waals surface area contributed by atoms with Crippen molar-refractivity contribution in [3.05, 3.63) is 29.3 Å². The van der Waals surface area contributed by atoms with Gasteiger partial charge in [0.1, 0.15) is 0 Å². The van der Waals surface area contributed by atoms with Gasteiger partial charge < -0.3 is 10.4 Å². The third kappa shape index (κ3) is 3.11. The topological polar surface area (TPSA) is 32.3 Å². The number of aliphatic hydroxyl groups excluding tert-OH is 1. The highest BCUT2D eigenvalue weighted by molar-refractivity contribution is 6.30. The van der Waals surface area contributed by atoms with Crippen molar-refractivity contribution in [3.8, 4) is 0 Å². The molecule has 0 amide bonds. The second-order valence-electron chi connectivity index (χ2n) is 3.78. The number of nitrogens with one attached hydrogen (secondary N) is 1. The molecular formula is C12H18ClNO. The van der Waals surface area contributed by atoms with Gasteiger partial charge in [-0.15, -0.1) is 0 Å². The maximum Gasteiger partial charge on any atom is 0.0661 e. The van der Waals surface area contributed by atoms with Gasteiger partial charge >= 0.3 is 0 Å². The number of anilines is 1. The maximum atomic E-state index is 9.40. The lowest BCUT2D eigenvalue weighted by atomic mass is 9.93. The second kappa shape index (κ2) is 5.38. The van der Waals surface area contributed by atoms with Gasteiger partial charge in [0.2, 0.25) is 0 Å². The summed E-state index contributed by atoms with van der Waals surface area (Å²) in [6.07, 6.45) is 1.78. The van der Waals surface area contributed by atoms with Gasteiger partial charge in [-0.1, -0.05) is 25.4 Å². The zero-order chi connectivity index (χ0) is 11.3. The fraction of sp³-hybridized carbons (Fsp3) is 0.500. The molecule has 2 nitrogen and oxygen atoms in total. The molecule has 3 heteroatoms. The van der Waals surface area contributed by atoms with Crippen LogP contribution in [0.1, 0.15) is 26.7 Å². The van der Waals surface area contributed by atoms with Gasteiger partial charge in [0.15, 0.2) is 0 Å². The largest absolute Gasteiger partial charge is 0.394 e. The Kier molecular flexibility index (Phi) is 4.43. The first kappa shape index (κ1) is 12.3. The van der Waals surface area contributed by atoms with Crippen LogP contribution in [0.2, 0.25) is 5.02 Å². The molecule has 0 radical (unpaired) electrons. The molecule has 15 heavy (non-hydrogen) atoms. The zero-order valence-electron chi connectivity index (χ0n) is 9.26. The van der Waals surface area contributed by atoms with Crippen LogP contribution in [0.4, 0.5) is 5.69 Å². The first-order chi connectivity index (χ1) is 7.15. The van der Waals surface area contributed by atoms with E-state index >= 15 is 0 Å². The summed E-state index contributed by atoms with van der Waals surface area (Å²) in [6, 6.07) is 7.55. The molecule has 0 unspecified atom stereocenters. The van der Waals surface area contributed by atoms with Gasteiger partial charge in [-0.25, -0.2) is 0 Å². The Morgan fingerprint density at radius 1 is 1.20 bits per heavy atom. The Labute approximate surface area is 96.3 Å². The smallest absolute Gasteiger partial charge is 0.0661 e. The Bertz CT molecular complexity index is 285. The van der Waals surface area contributed by atoms with Gasteiger partial charge in [-0.05, 0) is 37.1 Å². The SMILES string of the molecule is CCC(CC)(CO)Nc1ccc(Cl)cc1. The molecule has 1 rings (SSSR count). The van der Waals surface area contributed by atoms with Crippen molar-refractivity contribution in [3.63, 3.8) is 0 Å². The van der Waals surface area contributed by atoms with Crippen LogP contribution >= 0.6 is 11.6 Å². The zero-order valence-corrected chi connectivity index (χ0v) is 10.0. The molecule has 0 heterocycles. The fourth-order valence-corrected chi connectivity index (χ4v) is 1.66. The van der Waals surface area contributed by atoms with E-state index in [2.05, 4.69) is 19.2 Å². The molecule has 0 fully saturated rings. The van der Waals surface area contributed by atoms with Crippen LogP contribution in [0, 0.1) is 0 Å². The maximum absolute atomic E-state index is 9.40. The summed E-state index contributed by atoms with van der Waals surface area (Å²) >= 11 is 5.81. The van der Waals surface area contributed by atoms with E-state index in [1.54, 1.807) is 0 Å². The predicted molar refractivity (Wildman–Crippen MR) is 65.5 cm³/mol. The second-order valence-corrected chi connectivity index (χ2v) is 4.21. The Morgan fingerprint density at radius 3 is 2.13 bits per heavy atom. The molecule has 0 saturated carbocycles. The molecule has 0 aliphatic carbocycles. The summed E-state index contributed by atoms with van der Waals surface area (Å²) in [5.41, 5.74) is 0.783. The van der Waals surface area contributed by atoms with Crippen molar-refractivity contribution in [1.29, 1.82) is 0 Å². The van der Waals surface area contributed by atoms with Crippen LogP contribution in [-0.2, 0) is 0 Å². The number of hydrogen-bond acceptors (Lipinski definition) is 2. The lowest BCUT2D eigenvalue weighted by molar-refractivity contribution is 0.202. The minimum absolute atomic E-state index is 0.141. The first-order valence-corrected chi connectivity index (χ1v) is 5.68. The lowest BCUT2D eigenvalue weighted by Gasteiger charge is -2.32. The average molecular weight is 228 g/mol. The number of benzene rings is 1. The minimum Gasteiger partial charge on any atom is -0.394 e. The average Bonchev–Trinajstić information content (AvgIpc) is 2.29. The number of rotatable bonds is 5. The standard InChI is InChI=1S/C12H18ClNO/c1-3-12(4-2,9-15)14-11-7-5-10(13)6-8-11/h5-8,14-15H,3-4,9H2,1-2H3. The van der Waals surface area contributed by atoms with E-state index in [1.165, 1.54) is 0 Å². The molecule has 0 spiro atoms.